The molecule has 0 aromatic heterocycles. The average Bonchev–Trinajstić information content (AvgIpc) is 2.58. The van der Waals surface area contributed by atoms with Crippen LogP contribution in [0.4, 0.5) is 17.1 Å². The van der Waals surface area contributed by atoms with Crippen LogP contribution in [0, 0.1) is 20.2 Å². The van der Waals surface area contributed by atoms with Crippen LogP contribution in [-0.2, 0) is 4.79 Å². The number of ether oxygens (including phenoxy) is 1. The van der Waals surface area contributed by atoms with E-state index in [1.54, 1.807) is 6.92 Å². The van der Waals surface area contributed by atoms with Crippen LogP contribution in [0.25, 0.3) is 0 Å². The SMILES string of the molecule is CCOc1cc(Sc2ccc(Cl)cc2[N+](=O)[O-])c(NC=O)c([N+](=O)[O-])c1. The van der Waals surface area contributed by atoms with Crippen molar-refractivity contribution in [2.45, 2.75) is 16.7 Å². The molecule has 0 radical (unpaired) electrons. The van der Waals surface area contributed by atoms with Crippen molar-refractivity contribution in [1.29, 1.82) is 0 Å². The molecule has 0 fully saturated rings. The molecule has 11 heteroatoms. The van der Waals surface area contributed by atoms with Gasteiger partial charge in [0.05, 0.1) is 27.4 Å². The van der Waals surface area contributed by atoms with Crippen LogP contribution in [0.5, 0.6) is 5.75 Å². The molecule has 0 aliphatic heterocycles. The van der Waals surface area contributed by atoms with Crippen molar-refractivity contribution < 1.29 is 19.4 Å². The van der Waals surface area contributed by atoms with Gasteiger partial charge in [0, 0.05) is 16.0 Å². The maximum atomic E-state index is 11.3. The summed E-state index contributed by atoms with van der Waals surface area (Å²) in [4.78, 5) is 32.6. The fourth-order valence-electron chi connectivity index (χ4n) is 2.09. The van der Waals surface area contributed by atoms with Crippen LogP contribution in [0.1, 0.15) is 6.92 Å². The van der Waals surface area contributed by atoms with Crippen LogP contribution in [-0.4, -0.2) is 22.9 Å². The molecule has 0 spiro atoms. The van der Waals surface area contributed by atoms with Gasteiger partial charge in [-0.25, -0.2) is 0 Å². The Hall–Kier alpha value is -2.85. The predicted molar refractivity (Wildman–Crippen MR) is 96.2 cm³/mol. The maximum Gasteiger partial charge on any atom is 0.297 e. The number of hydrogen-bond acceptors (Lipinski definition) is 7. The molecule has 0 bridgehead atoms. The van der Waals surface area contributed by atoms with Crippen molar-refractivity contribution in [2.24, 2.45) is 0 Å². The second-order valence-electron chi connectivity index (χ2n) is 4.74. The van der Waals surface area contributed by atoms with E-state index < -0.39 is 9.85 Å². The number of carbonyl (C=O) groups excluding carboxylic acids is 1. The minimum Gasteiger partial charge on any atom is -0.494 e. The number of nitrogens with one attached hydrogen (secondary N) is 1. The van der Waals surface area contributed by atoms with Crippen molar-refractivity contribution in [2.75, 3.05) is 11.9 Å². The standard InChI is InChI=1S/C15H12ClN3O6S/c1-2-25-10-6-12(19(23)24)15(17-8-20)14(7-10)26-13-4-3-9(16)5-11(13)18(21)22/h3-8H,2H2,1H3,(H,17,20). The number of rotatable bonds is 8. The molecule has 2 rings (SSSR count). The Kier molecular flexibility index (Phi) is 6.36. The fourth-order valence-corrected chi connectivity index (χ4v) is 3.31. The molecule has 1 amide bonds. The zero-order valence-corrected chi connectivity index (χ0v) is 14.9. The minimum atomic E-state index is -0.672. The highest BCUT2D eigenvalue weighted by Crippen LogP contribution is 2.44. The van der Waals surface area contributed by atoms with Crippen LogP contribution in [0.3, 0.4) is 0 Å². The monoisotopic (exact) mass is 397 g/mol. The Balaban J connectivity index is 2.62. The van der Waals surface area contributed by atoms with Gasteiger partial charge in [0.1, 0.15) is 11.4 Å². The highest BCUT2D eigenvalue weighted by molar-refractivity contribution is 7.99. The summed E-state index contributed by atoms with van der Waals surface area (Å²) in [6.07, 6.45) is 0.295. The molecule has 9 nitrogen and oxygen atoms in total. The zero-order chi connectivity index (χ0) is 19.3. The summed E-state index contributed by atoms with van der Waals surface area (Å²) < 4.78 is 5.32. The molecular formula is C15H12ClN3O6S. The third-order valence-corrected chi connectivity index (χ3v) is 4.45. The van der Waals surface area contributed by atoms with Gasteiger partial charge >= 0.3 is 0 Å². The Morgan fingerprint density at radius 1 is 1.15 bits per heavy atom. The number of benzene rings is 2. The van der Waals surface area contributed by atoms with Gasteiger partial charge in [-0.05, 0) is 25.1 Å². The van der Waals surface area contributed by atoms with Crippen molar-refractivity contribution in [3.8, 4) is 5.75 Å². The summed E-state index contributed by atoms with van der Waals surface area (Å²) in [5.74, 6) is 0.203. The van der Waals surface area contributed by atoms with Gasteiger partial charge in [-0.3, -0.25) is 25.0 Å². The third kappa shape index (κ3) is 4.41. The molecule has 1 N–H and O–H groups in total. The lowest BCUT2D eigenvalue weighted by Gasteiger charge is -2.12. The summed E-state index contributed by atoms with van der Waals surface area (Å²) in [6, 6.07) is 6.71. The minimum absolute atomic E-state index is 0.0808. The second kappa shape index (κ2) is 8.50. The quantitative estimate of drug-likeness (QED) is 0.400. The number of nitro benzene ring substituents is 2. The molecule has 2 aromatic carbocycles. The lowest BCUT2D eigenvalue weighted by molar-refractivity contribution is -0.387. The highest BCUT2D eigenvalue weighted by atomic mass is 35.5. The lowest BCUT2D eigenvalue weighted by atomic mass is 10.2. The normalized spacial score (nSPS) is 10.2. The third-order valence-electron chi connectivity index (χ3n) is 3.10. The second-order valence-corrected chi connectivity index (χ2v) is 6.26. The van der Waals surface area contributed by atoms with Gasteiger partial charge in [-0.2, -0.15) is 0 Å². The van der Waals surface area contributed by atoms with E-state index in [0.29, 0.717) is 6.41 Å². The number of anilines is 1. The molecule has 136 valence electrons. The predicted octanol–water partition coefficient (Wildman–Crippen LogP) is 4.27. The van der Waals surface area contributed by atoms with Crippen molar-refractivity contribution in [3.63, 3.8) is 0 Å². The number of nitrogens with zero attached hydrogens (tertiary/aromatic N) is 2. The highest BCUT2D eigenvalue weighted by Gasteiger charge is 2.24. The summed E-state index contributed by atoms with van der Waals surface area (Å²) >= 11 is 6.68. The molecule has 0 saturated heterocycles. The lowest BCUT2D eigenvalue weighted by Crippen LogP contribution is -2.03. The Labute approximate surface area is 156 Å². The number of nitro groups is 2. The van der Waals surface area contributed by atoms with Gasteiger partial charge in [-0.15, -0.1) is 0 Å². The van der Waals surface area contributed by atoms with Gasteiger partial charge in [-0.1, -0.05) is 23.4 Å². The van der Waals surface area contributed by atoms with Crippen molar-refractivity contribution in [1.82, 2.24) is 0 Å². The molecule has 0 atom stereocenters. The number of amides is 1. The molecule has 0 aliphatic carbocycles. The largest absolute Gasteiger partial charge is 0.494 e. The summed E-state index contributed by atoms with van der Waals surface area (Å²) in [6.45, 7) is 1.98. The molecule has 0 unspecified atom stereocenters. The first-order chi connectivity index (χ1) is 12.4. The summed E-state index contributed by atoms with van der Waals surface area (Å²) in [5, 5.41) is 25.0. The van der Waals surface area contributed by atoms with E-state index >= 15 is 0 Å². The van der Waals surface area contributed by atoms with Gasteiger partial charge in [0.2, 0.25) is 6.41 Å². The molecular weight excluding hydrogens is 386 g/mol. The van der Waals surface area contributed by atoms with Crippen LogP contribution < -0.4 is 10.1 Å². The summed E-state index contributed by atoms with van der Waals surface area (Å²) in [5.41, 5.74) is -0.728. The fraction of sp³-hybridized carbons (Fsp3) is 0.133. The number of carbonyl (C=O) groups is 1. The average molecular weight is 398 g/mol. The number of halogens is 1. The van der Waals surface area contributed by atoms with Crippen LogP contribution in [0.2, 0.25) is 5.02 Å². The van der Waals surface area contributed by atoms with E-state index in [9.17, 15) is 25.0 Å². The van der Waals surface area contributed by atoms with Crippen molar-refractivity contribution >= 4 is 46.8 Å². The van der Waals surface area contributed by atoms with E-state index in [4.69, 9.17) is 16.3 Å². The Morgan fingerprint density at radius 2 is 1.85 bits per heavy atom. The molecule has 0 heterocycles. The first kappa shape index (κ1) is 19.5. The number of hydrogen-bond donors (Lipinski definition) is 1. The van der Waals surface area contributed by atoms with E-state index in [0.717, 1.165) is 11.8 Å². The van der Waals surface area contributed by atoms with Crippen LogP contribution in [0.15, 0.2) is 40.1 Å². The van der Waals surface area contributed by atoms with Gasteiger partial charge in [0.25, 0.3) is 11.4 Å². The molecule has 2 aromatic rings. The maximum absolute atomic E-state index is 11.3. The molecule has 26 heavy (non-hydrogen) atoms. The zero-order valence-electron chi connectivity index (χ0n) is 13.3. The molecule has 0 saturated carbocycles. The first-order valence-electron chi connectivity index (χ1n) is 7.14. The van der Waals surface area contributed by atoms with Crippen LogP contribution >= 0.6 is 23.4 Å². The van der Waals surface area contributed by atoms with E-state index in [1.165, 1.54) is 30.3 Å². The Morgan fingerprint density at radius 3 is 2.42 bits per heavy atom. The topological polar surface area (TPSA) is 125 Å². The van der Waals surface area contributed by atoms with Crippen molar-refractivity contribution in [3.05, 3.63) is 55.6 Å². The van der Waals surface area contributed by atoms with Gasteiger partial charge < -0.3 is 10.1 Å². The van der Waals surface area contributed by atoms with E-state index in [-0.39, 0.29) is 44.2 Å². The Bertz CT molecular complexity index is 877. The molecule has 0 aliphatic rings. The van der Waals surface area contributed by atoms with E-state index in [2.05, 4.69) is 5.32 Å². The smallest absolute Gasteiger partial charge is 0.297 e. The van der Waals surface area contributed by atoms with Gasteiger partial charge in [0.15, 0.2) is 0 Å². The van der Waals surface area contributed by atoms with E-state index in [1.807, 2.05) is 0 Å². The first-order valence-corrected chi connectivity index (χ1v) is 8.34. The summed E-state index contributed by atoms with van der Waals surface area (Å²) in [7, 11) is 0.